The molecule has 2 aliphatic heterocycles. The third-order valence-electron chi connectivity index (χ3n) is 4.06. The van der Waals surface area contributed by atoms with E-state index in [4.69, 9.17) is 16.7 Å². The minimum absolute atomic E-state index is 0.0252. The number of rotatable bonds is 5. The van der Waals surface area contributed by atoms with Gasteiger partial charge in [-0.2, -0.15) is 8.42 Å². The third kappa shape index (κ3) is 3.31. The zero-order valence-electron chi connectivity index (χ0n) is 12.9. The summed E-state index contributed by atoms with van der Waals surface area (Å²) in [5, 5.41) is 10.7. The van der Waals surface area contributed by atoms with Crippen LogP contribution in [-0.4, -0.2) is 69.3 Å². The van der Waals surface area contributed by atoms with E-state index < -0.39 is 49.4 Å². The highest BCUT2D eigenvalue weighted by atomic mass is 35.5. The van der Waals surface area contributed by atoms with Crippen LogP contribution in [0, 0.1) is 0 Å². The number of halogens is 1. The Morgan fingerprint density at radius 2 is 2.15 bits per heavy atom. The summed E-state index contributed by atoms with van der Waals surface area (Å²) < 4.78 is 32.6. The largest absolute Gasteiger partial charge is 0.480 e. The molecular weight excluding hydrogens is 428 g/mol. The lowest BCUT2D eigenvalue weighted by molar-refractivity contribution is -0.152. The van der Waals surface area contributed by atoms with Gasteiger partial charge in [0.2, 0.25) is 11.8 Å². The first-order valence-corrected chi connectivity index (χ1v) is 11.0. The number of alkyl halides is 1. The van der Waals surface area contributed by atoms with Crippen LogP contribution in [0.15, 0.2) is 17.5 Å². The van der Waals surface area contributed by atoms with Crippen molar-refractivity contribution >= 4 is 62.6 Å². The summed E-state index contributed by atoms with van der Waals surface area (Å²) in [6.07, 6.45) is 0. The Bertz CT molecular complexity index is 859. The molecule has 9 nitrogen and oxygen atoms in total. The molecule has 0 radical (unpaired) electrons. The Morgan fingerprint density at radius 1 is 1.46 bits per heavy atom. The molecule has 0 spiro atoms. The third-order valence-corrected chi connectivity index (χ3v) is 8.31. The molecule has 0 aliphatic carbocycles. The number of carboxylic acids is 1. The predicted octanol–water partition coefficient (Wildman–Crippen LogP) is 0.139. The predicted molar refractivity (Wildman–Crippen MR) is 94.7 cm³/mol. The first-order valence-electron chi connectivity index (χ1n) is 7.19. The number of carboxylic acid groups (broad SMARTS) is 1. The fourth-order valence-corrected chi connectivity index (χ4v) is 6.40. The second-order valence-electron chi connectivity index (χ2n) is 5.83. The SMILES string of the molecule is O=C(NC1C(=O)N2CC(Cl)(C(=O)O)CS[C@H]12)C(c1cccs1)S(=O)(=O)O. The van der Waals surface area contributed by atoms with Crippen LogP contribution in [-0.2, 0) is 24.5 Å². The summed E-state index contributed by atoms with van der Waals surface area (Å²) in [6, 6.07) is 1.92. The molecule has 13 heteroatoms. The van der Waals surface area contributed by atoms with Crippen LogP contribution in [0.1, 0.15) is 10.1 Å². The van der Waals surface area contributed by atoms with Crippen LogP contribution in [0.5, 0.6) is 0 Å². The number of amides is 2. The van der Waals surface area contributed by atoms with Gasteiger partial charge < -0.3 is 15.3 Å². The molecule has 2 fully saturated rings. The van der Waals surface area contributed by atoms with Gasteiger partial charge in [0.05, 0.1) is 6.54 Å². The minimum Gasteiger partial charge on any atom is -0.480 e. The van der Waals surface area contributed by atoms with Crippen molar-refractivity contribution in [2.75, 3.05) is 12.3 Å². The van der Waals surface area contributed by atoms with Crippen LogP contribution in [0.3, 0.4) is 0 Å². The lowest BCUT2D eigenvalue weighted by atomic mass is 10.0. The van der Waals surface area contributed by atoms with Crippen molar-refractivity contribution in [3.8, 4) is 0 Å². The van der Waals surface area contributed by atoms with Gasteiger partial charge in [-0.15, -0.1) is 34.7 Å². The molecule has 26 heavy (non-hydrogen) atoms. The van der Waals surface area contributed by atoms with Crippen molar-refractivity contribution in [1.82, 2.24) is 10.2 Å². The minimum atomic E-state index is -4.73. The quantitative estimate of drug-likeness (QED) is 0.333. The first-order chi connectivity index (χ1) is 12.0. The fraction of sp³-hybridized carbons (Fsp3) is 0.462. The molecular formula is C13H13ClN2O7S3. The molecule has 2 aliphatic rings. The molecule has 2 saturated heterocycles. The summed E-state index contributed by atoms with van der Waals surface area (Å²) >= 11 is 8.06. The van der Waals surface area contributed by atoms with Crippen LogP contribution < -0.4 is 5.32 Å². The maximum absolute atomic E-state index is 12.4. The zero-order chi connectivity index (χ0) is 19.3. The van der Waals surface area contributed by atoms with Crippen LogP contribution in [0.25, 0.3) is 0 Å². The summed E-state index contributed by atoms with van der Waals surface area (Å²) in [7, 11) is -4.73. The van der Waals surface area contributed by atoms with E-state index in [0.717, 1.165) is 23.1 Å². The lowest BCUT2D eigenvalue weighted by Crippen LogP contribution is -2.74. The van der Waals surface area contributed by atoms with E-state index in [0.29, 0.717) is 0 Å². The van der Waals surface area contributed by atoms with Crippen molar-refractivity contribution in [2.24, 2.45) is 0 Å². The molecule has 0 aromatic carbocycles. The van der Waals surface area contributed by atoms with Gasteiger partial charge in [0, 0.05) is 10.6 Å². The van der Waals surface area contributed by atoms with Gasteiger partial charge in [-0.25, -0.2) is 0 Å². The topological polar surface area (TPSA) is 141 Å². The number of nitrogens with one attached hydrogen (secondary N) is 1. The molecule has 1 aromatic heterocycles. The highest BCUT2D eigenvalue weighted by molar-refractivity contribution is 8.00. The maximum atomic E-state index is 12.4. The first kappa shape index (κ1) is 19.4. The van der Waals surface area contributed by atoms with Crippen molar-refractivity contribution in [1.29, 1.82) is 0 Å². The highest BCUT2D eigenvalue weighted by Crippen LogP contribution is 2.41. The van der Waals surface area contributed by atoms with E-state index in [1.54, 1.807) is 5.38 Å². The molecule has 142 valence electrons. The van der Waals surface area contributed by atoms with E-state index in [2.05, 4.69) is 5.32 Å². The Labute approximate surface area is 161 Å². The van der Waals surface area contributed by atoms with Gasteiger partial charge in [-0.05, 0) is 11.4 Å². The van der Waals surface area contributed by atoms with E-state index in [1.807, 2.05) is 0 Å². The maximum Gasteiger partial charge on any atom is 0.327 e. The number of carbonyl (C=O) groups excluding carboxylic acids is 2. The monoisotopic (exact) mass is 440 g/mol. The number of thioether (sulfide) groups is 1. The Kier molecular flexibility index (Phi) is 4.99. The van der Waals surface area contributed by atoms with Crippen molar-refractivity contribution in [3.05, 3.63) is 22.4 Å². The number of carbonyl (C=O) groups is 3. The van der Waals surface area contributed by atoms with E-state index in [9.17, 15) is 27.4 Å². The van der Waals surface area contributed by atoms with E-state index in [-0.39, 0.29) is 17.2 Å². The Balaban J connectivity index is 1.73. The second-order valence-corrected chi connectivity index (χ2v) is 10.1. The average Bonchev–Trinajstić information content (AvgIpc) is 3.05. The van der Waals surface area contributed by atoms with Gasteiger partial charge in [-0.1, -0.05) is 6.07 Å². The molecule has 3 heterocycles. The Hall–Kier alpha value is -1.34. The highest BCUT2D eigenvalue weighted by Gasteiger charge is 2.57. The number of nitrogens with zero attached hydrogens (tertiary/aromatic N) is 1. The van der Waals surface area contributed by atoms with Crippen molar-refractivity contribution in [2.45, 2.75) is 21.5 Å². The van der Waals surface area contributed by atoms with Crippen molar-refractivity contribution < 1.29 is 32.5 Å². The van der Waals surface area contributed by atoms with Crippen molar-refractivity contribution in [3.63, 3.8) is 0 Å². The van der Waals surface area contributed by atoms with Gasteiger partial charge in [0.15, 0.2) is 10.1 Å². The molecule has 3 rings (SSSR count). The van der Waals surface area contributed by atoms with Gasteiger partial charge in [-0.3, -0.25) is 18.9 Å². The Morgan fingerprint density at radius 3 is 2.69 bits per heavy atom. The summed E-state index contributed by atoms with van der Waals surface area (Å²) in [4.78, 5) is 35.6. The number of hydrogen-bond acceptors (Lipinski definition) is 7. The molecule has 3 N–H and O–H groups in total. The standard InChI is InChI=1S/C13H13ClN2O7S3/c14-13(12(19)20)4-16-10(18)7(11(16)25-5-13)15-9(17)8(26(21,22)23)6-2-1-3-24-6/h1-3,7-8,11H,4-5H2,(H,15,17)(H,19,20)(H,21,22,23)/t7?,8?,11-,13?/m1/s1. The smallest absolute Gasteiger partial charge is 0.327 e. The second kappa shape index (κ2) is 6.68. The average molecular weight is 441 g/mol. The molecule has 2 amide bonds. The molecule has 4 atom stereocenters. The number of hydrogen-bond donors (Lipinski definition) is 3. The van der Waals surface area contributed by atoms with Crippen LogP contribution in [0.2, 0.25) is 0 Å². The lowest BCUT2D eigenvalue weighted by Gasteiger charge is -2.52. The molecule has 3 unspecified atom stereocenters. The summed E-state index contributed by atoms with van der Waals surface area (Å²) in [6.45, 7) is -0.209. The van der Waals surface area contributed by atoms with Gasteiger partial charge in [0.1, 0.15) is 11.4 Å². The molecule has 1 aromatic rings. The zero-order valence-corrected chi connectivity index (χ0v) is 16.1. The fourth-order valence-electron chi connectivity index (χ4n) is 2.75. The number of thiophene rings is 1. The number of fused-ring (bicyclic) bond motifs is 1. The number of aliphatic carboxylic acids is 1. The van der Waals surface area contributed by atoms with E-state index in [1.165, 1.54) is 17.0 Å². The molecule has 0 bridgehead atoms. The van der Waals surface area contributed by atoms with Crippen LogP contribution >= 0.6 is 34.7 Å². The van der Waals surface area contributed by atoms with Gasteiger partial charge in [0.25, 0.3) is 10.1 Å². The normalized spacial score (nSPS) is 29.5. The van der Waals surface area contributed by atoms with Gasteiger partial charge >= 0.3 is 5.97 Å². The summed E-state index contributed by atoms with van der Waals surface area (Å²) in [5.74, 6) is -2.79. The van der Waals surface area contributed by atoms with Crippen LogP contribution in [0.4, 0.5) is 0 Å². The summed E-state index contributed by atoms with van der Waals surface area (Å²) in [5.41, 5.74) is 0. The van der Waals surface area contributed by atoms with E-state index >= 15 is 0 Å². The number of β-lactam (4-membered cyclic amide) rings is 1. The molecule has 0 saturated carbocycles.